The highest BCUT2D eigenvalue weighted by Crippen LogP contribution is 2.30. The molecule has 1 aliphatic heterocycles. The van der Waals surface area contributed by atoms with Gasteiger partial charge in [-0.2, -0.15) is 5.10 Å². The normalized spacial score (nSPS) is 14.8. The van der Waals surface area contributed by atoms with Crippen LogP contribution in [0.2, 0.25) is 0 Å². The Morgan fingerprint density at radius 1 is 0.920 bits per heavy atom. The summed E-state index contributed by atoms with van der Waals surface area (Å²) in [4.78, 5) is 4.54. The monoisotopic (exact) mass is 338 g/mol. The Hall–Kier alpha value is -3.02. The van der Waals surface area contributed by atoms with E-state index >= 15 is 0 Å². The number of hydrogen-bond donors (Lipinski definition) is 2. The maximum absolute atomic E-state index is 13.4. The van der Waals surface area contributed by atoms with E-state index in [0.29, 0.717) is 11.3 Å². The highest BCUT2D eigenvalue weighted by Gasteiger charge is 2.20. The molecule has 25 heavy (non-hydrogen) atoms. The predicted molar refractivity (Wildman–Crippen MR) is 96.5 cm³/mol. The lowest BCUT2D eigenvalue weighted by molar-refractivity contribution is 0.475. The van der Waals surface area contributed by atoms with Crippen molar-refractivity contribution in [2.75, 3.05) is 36.0 Å². The third-order valence-corrected chi connectivity index (χ3v) is 4.54. The van der Waals surface area contributed by atoms with Crippen LogP contribution in [0, 0.1) is 5.82 Å². The van der Waals surface area contributed by atoms with Crippen molar-refractivity contribution < 1.29 is 9.50 Å². The summed E-state index contributed by atoms with van der Waals surface area (Å²) in [5.74, 6) is 0.456. The van der Waals surface area contributed by atoms with Crippen LogP contribution in [0.1, 0.15) is 0 Å². The number of phenolic OH excluding ortho intramolecular Hbond substituents is 1. The van der Waals surface area contributed by atoms with Gasteiger partial charge in [0.25, 0.3) is 0 Å². The Kier molecular flexibility index (Phi) is 4.01. The number of para-hydroxylation sites is 1. The zero-order valence-electron chi connectivity index (χ0n) is 13.7. The molecule has 0 saturated carbocycles. The number of aromatic nitrogens is 2. The summed E-state index contributed by atoms with van der Waals surface area (Å²) in [6.45, 7) is 3.54. The second kappa shape index (κ2) is 6.47. The lowest BCUT2D eigenvalue weighted by Gasteiger charge is -2.36. The van der Waals surface area contributed by atoms with E-state index in [0.717, 1.165) is 32.0 Å². The third kappa shape index (κ3) is 3.15. The Morgan fingerprint density at radius 3 is 2.40 bits per heavy atom. The molecular formula is C19H19FN4O. The minimum Gasteiger partial charge on any atom is -0.507 e. The summed E-state index contributed by atoms with van der Waals surface area (Å²) >= 11 is 0. The Bertz CT molecular complexity index is 857. The van der Waals surface area contributed by atoms with E-state index in [1.165, 1.54) is 23.9 Å². The number of rotatable bonds is 3. The maximum Gasteiger partial charge on any atom is 0.151 e. The van der Waals surface area contributed by atoms with E-state index in [1.54, 1.807) is 0 Å². The zero-order valence-corrected chi connectivity index (χ0v) is 13.7. The van der Waals surface area contributed by atoms with E-state index in [4.69, 9.17) is 0 Å². The molecule has 2 aromatic carbocycles. The summed E-state index contributed by atoms with van der Waals surface area (Å²) in [6, 6.07) is 16.1. The van der Waals surface area contributed by atoms with Crippen molar-refractivity contribution in [2.24, 2.45) is 0 Å². The minimum absolute atomic E-state index is 0.0329. The number of H-pyrrole nitrogens is 1. The number of benzene rings is 2. The van der Waals surface area contributed by atoms with Gasteiger partial charge in [0.15, 0.2) is 5.82 Å². The standard InChI is InChI=1S/C19H19FN4O/c20-14-6-7-18(25)16(12-14)17-13-19(22-21-17)24-10-8-23(9-11-24)15-4-2-1-3-5-15/h1-7,12-13,25H,8-11H2,(H,21,22). The zero-order chi connectivity index (χ0) is 17.2. The lowest BCUT2D eigenvalue weighted by Crippen LogP contribution is -2.46. The summed E-state index contributed by atoms with van der Waals surface area (Å²) < 4.78 is 13.4. The fraction of sp³-hybridized carbons (Fsp3) is 0.211. The number of piperazine rings is 1. The van der Waals surface area contributed by atoms with Crippen LogP contribution < -0.4 is 9.80 Å². The van der Waals surface area contributed by atoms with Gasteiger partial charge < -0.3 is 14.9 Å². The van der Waals surface area contributed by atoms with Gasteiger partial charge in [-0.1, -0.05) is 18.2 Å². The molecule has 0 aliphatic carbocycles. The Labute approximate surface area is 145 Å². The van der Waals surface area contributed by atoms with Gasteiger partial charge in [0.05, 0.1) is 5.69 Å². The van der Waals surface area contributed by atoms with E-state index in [-0.39, 0.29) is 11.6 Å². The largest absolute Gasteiger partial charge is 0.507 e. The van der Waals surface area contributed by atoms with Crippen molar-refractivity contribution in [3.63, 3.8) is 0 Å². The number of halogens is 1. The maximum atomic E-state index is 13.4. The van der Waals surface area contributed by atoms with E-state index < -0.39 is 0 Å². The second-order valence-corrected chi connectivity index (χ2v) is 6.11. The first-order chi connectivity index (χ1) is 12.2. The second-order valence-electron chi connectivity index (χ2n) is 6.11. The molecule has 1 aliphatic rings. The number of aromatic amines is 1. The van der Waals surface area contributed by atoms with Crippen molar-refractivity contribution in [2.45, 2.75) is 0 Å². The highest BCUT2D eigenvalue weighted by atomic mass is 19.1. The van der Waals surface area contributed by atoms with Crippen molar-refractivity contribution in [3.05, 3.63) is 60.4 Å². The number of nitrogens with one attached hydrogen (secondary N) is 1. The van der Waals surface area contributed by atoms with Crippen LogP contribution in [0.4, 0.5) is 15.9 Å². The van der Waals surface area contributed by atoms with Gasteiger partial charge in [0.1, 0.15) is 11.6 Å². The molecule has 0 radical (unpaired) electrons. The number of phenols is 1. The van der Waals surface area contributed by atoms with Crippen LogP contribution in [-0.2, 0) is 0 Å². The fourth-order valence-electron chi connectivity index (χ4n) is 3.17. The van der Waals surface area contributed by atoms with Gasteiger partial charge in [-0.3, -0.25) is 5.10 Å². The number of nitrogens with zero attached hydrogens (tertiary/aromatic N) is 3. The molecule has 1 fully saturated rings. The van der Waals surface area contributed by atoms with Crippen LogP contribution in [0.5, 0.6) is 5.75 Å². The van der Waals surface area contributed by atoms with Crippen LogP contribution in [-0.4, -0.2) is 41.5 Å². The molecule has 0 unspecified atom stereocenters. The first-order valence-electron chi connectivity index (χ1n) is 8.30. The first-order valence-corrected chi connectivity index (χ1v) is 8.30. The van der Waals surface area contributed by atoms with E-state index in [1.807, 2.05) is 24.3 Å². The number of hydrogen-bond acceptors (Lipinski definition) is 4. The average Bonchev–Trinajstić information content (AvgIpc) is 3.14. The van der Waals surface area contributed by atoms with E-state index in [2.05, 4.69) is 32.1 Å². The SMILES string of the molecule is Oc1ccc(F)cc1-c1cc(N2CCN(c3ccccc3)CC2)n[nH]1. The molecule has 0 amide bonds. The van der Waals surface area contributed by atoms with Crippen LogP contribution in [0.3, 0.4) is 0 Å². The Balaban J connectivity index is 1.48. The van der Waals surface area contributed by atoms with Crippen molar-refractivity contribution in [3.8, 4) is 17.0 Å². The molecule has 2 heterocycles. The smallest absolute Gasteiger partial charge is 0.151 e. The van der Waals surface area contributed by atoms with Crippen LogP contribution in [0.15, 0.2) is 54.6 Å². The summed E-state index contributed by atoms with van der Waals surface area (Å²) in [5, 5.41) is 17.2. The van der Waals surface area contributed by atoms with Crippen LogP contribution in [0.25, 0.3) is 11.3 Å². The van der Waals surface area contributed by atoms with Gasteiger partial charge in [-0.25, -0.2) is 4.39 Å². The van der Waals surface area contributed by atoms with Gasteiger partial charge in [0.2, 0.25) is 0 Å². The van der Waals surface area contributed by atoms with Gasteiger partial charge in [0, 0.05) is 43.5 Å². The number of aromatic hydroxyl groups is 1. The molecule has 0 atom stereocenters. The molecule has 6 heteroatoms. The predicted octanol–water partition coefficient (Wildman–Crippen LogP) is 3.25. The molecule has 0 bridgehead atoms. The molecule has 5 nitrogen and oxygen atoms in total. The molecule has 4 rings (SSSR count). The molecule has 2 N–H and O–H groups in total. The van der Waals surface area contributed by atoms with Gasteiger partial charge in [-0.15, -0.1) is 0 Å². The molecular weight excluding hydrogens is 319 g/mol. The number of anilines is 2. The van der Waals surface area contributed by atoms with Gasteiger partial charge >= 0.3 is 0 Å². The molecule has 1 aromatic heterocycles. The molecule has 1 saturated heterocycles. The Morgan fingerprint density at radius 2 is 1.64 bits per heavy atom. The summed E-state index contributed by atoms with van der Waals surface area (Å²) in [7, 11) is 0. The fourth-order valence-corrected chi connectivity index (χ4v) is 3.17. The average molecular weight is 338 g/mol. The minimum atomic E-state index is -0.388. The van der Waals surface area contributed by atoms with Crippen molar-refractivity contribution >= 4 is 11.5 Å². The van der Waals surface area contributed by atoms with Crippen molar-refractivity contribution in [1.29, 1.82) is 0 Å². The van der Waals surface area contributed by atoms with Gasteiger partial charge in [-0.05, 0) is 30.3 Å². The van der Waals surface area contributed by atoms with Crippen LogP contribution >= 0.6 is 0 Å². The summed E-state index contributed by atoms with van der Waals surface area (Å²) in [6.07, 6.45) is 0. The quantitative estimate of drug-likeness (QED) is 0.770. The lowest BCUT2D eigenvalue weighted by atomic mass is 10.1. The molecule has 3 aromatic rings. The molecule has 0 spiro atoms. The highest BCUT2D eigenvalue weighted by molar-refractivity contribution is 5.69. The van der Waals surface area contributed by atoms with Crippen molar-refractivity contribution in [1.82, 2.24) is 10.2 Å². The summed E-state index contributed by atoms with van der Waals surface area (Å²) in [5.41, 5.74) is 2.26. The van der Waals surface area contributed by atoms with E-state index in [9.17, 15) is 9.50 Å². The third-order valence-electron chi connectivity index (χ3n) is 4.54. The first kappa shape index (κ1) is 15.5. The molecule has 128 valence electrons. The topological polar surface area (TPSA) is 55.4 Å².